The molecule has 0 saturated carbocycles. The van der Waals surface area contributed by atoms with Crippen molar-refractivity contribution >= 4 is 11.9 Å². The molecule has 2 aromatic rings. The zero-order valence-electron chi connectivity index (χ0n) is 24.8. The van der Waals surface area contributed by atoms with Gasteiger partial charge in [0.05, 0.1) is 25.4 Å². The molecule has 220 valence electrons. The van der Waals surface area contributed by atoms with E-state index in [9.17, 15) is 9.59 Å². The van der Waals surface area contributed by atoms with E-state index in [0.29, 0.717) is 24.7 Å². The standard InChI is InChI=1S/C35H50O5/c1-4-29(3)28-40-35(37)32-20-18-30(19-21-32)31-22-24-33(25-23-31)38-26-16-14-12-10-8-6-7-9-11-13-15-17-27-39-34(36)5-2/h5,18-25,29H,2,4,6-17,26-28H2,1,3H3. The Morgan fingerprint density at radius 1 is 0.700 bits per heavy atom. The lowest BCUT2D eigenvalue weighted by Gasteiger charge is -2.10. The molecule has 2 aromatic carbocycles. The Morgan fingerprint density at radius 3 is 1.68 bits per heavy atom. The lowest BCUT2D eigenvalue weighted by molar-refractivity contribution is -0.137. The number of benzene rings is 2. The van der Waals surface area contributed by atoms with Crippen molar-refractivity contribution in [3.63, 3.8) is 0 Å². The molecule has 0 amide bonds. The molecule has 0 N–H and O–H groups in total. The Kier molecular flexibility index (Phi) is 17.2. The van der Waals surface area contributed by atoms with Gasteiger partial charge in [0.2, 0.25) is 0 Å². The van der Waals surface area contributed by atoms with Crippen LogP contribution in [0, 0.1) is 5.92 Å². The van der Waals surface area contributed by atoms with Crippen molar-refractivity contribution in [2.24, 2.45) is 5.92 Å². The first-order chi connectivity index (χ1) is 19.5. The first kappa shape index (κ1) is 33.1. The van der Waals surface area contributed by atoms with E-state index in [1.807, 2.05) is 36.4 Å². The van der Waals surface area contributed by atoms with Crippen molar-refractivity contribution in [3.8, 4) is 16.9 Å². The number of rotatable bonds is 22. The van der Waals surface area contributed by atoms with Crippen LogP contribution in [0.15, 0.2) is 61.2 Å². The molecule has 1 unspecified atom stereocenters. The molecule has 0 heterocycles. The van der Waals surface area contributed by atoms with Gasteiger partial charge in [-0.2, -0.15) is 0 Å². The van der Waals surface area contributed by atoms with Gasteiger partial charge >= 0.3 is 11.9 Å². The topological polar surface area (TPSA) is 61.8 Å². The number of hydrogen-bond acceptors (Lipinski definition) is 5. The monoisotopic (exact) mass is 550 g/mol. The van der Waals surface area contributed by atoms with Crippen molar-refractivity contribution in [2.45, 2.75) is 97.3 Å². The fourth-order valence-corrected chi connectivity index (χ4v) is 4.36. The normalized spacial score (nSPS) is 11.6. The van der Waals surface area contributed by atoms with Gasteiger partial charge in [0.15, 0.2) is 0 Å². The van der Waals surface area contributed by atoms with Crippen LogP contribution in [0.5, 0.6) is 5.75 Å². The van der Waals surface area contributed by atoms with Crippen LogP contribution >= 0.6 is 0 Å². The summed E-state index contributed by atoms with van der Waals surface area (Å²) in [7, 11) is 0. The average molecular weight is 551 g/mol. The van der Waals surface area contributed by atoms with Crippen molar-refractivity contribution < 1.29 is 23.8 Å². The van der Waals surface area contributed by atoms with E-state index < -0.39 is 0 Å². The Morgan fingerprint density at radius 2 is 1.18 bits per heavy atom. The maximum atomic E-state index is 12.2. The summed E-state index contributed by atoms with van der Waals surface area (Å²) < 4.78 is 16.3. The quantitative estimate of drug-likeness (QED) is 0.0830. The number of hydrogen-bond donors (Lipinski definition) is 0. The van der Waals surface area contributed by atoms with Gasteiger partial charge in [-0.15, -0.1) is 0 Å². The van der Waals surface area contributed by atoms with Gasteiger partial charge in [-0.25, -0.2) is 9.59 Å². The molecule has 0 fully saturated rings. The molecule has 5 nitrogen and oxygen atoms in total. The fraction of sp³-hybridized carbons (Fsp3) is 0.543. The summed E-state index contributed by atoms with van der Waals surface area (Å²) in [5, 5.41) is 0. The summed E-state index contributed by atoms with van der Waals surface area (Å²) in [5.41, 5.74) is 2.74. The van der Waals surface area contributed by atoms with E-state index in [1.54, 1.807) is 0 Å². The van der Waals surface area contributed by atoms with Crippen molar-refractivity contribution in [3.05, 3.63) is 66.7 Å². The summed E-state index contributed by atoms with van der Waals surface area (Å²) in [4.78, 5) is 23.2. The first-order valence-electron chi connectivity index (χ1n) is 15.3. The summed E-state index contributed by atoms with van der Waals surface area (Å²) in [6.07, 6.45) is 16.9. The van der Waals surface area contributed by atoms with Crippen LogP contribution in [0.2, 0.25) is 0 Å². The number of carbonyl (C=O) groups is 2. The lowest BCUT2D eigenvalue weighted by atomic mass is 10.0. The summed E-state index contributed by atoms with van der Waals surface area (Å²) in [6.45, 7) is 9.29. The summed E-state index contributed by atoms with van der Waals surface area (Å²) in [6, 6.07) is 15.7. The Balaban J connectivity index is 1.47. The molecule has 5 heteroatoms. The predicted molar refractivity (Wildman–Crippen MR) is 164 cm³/mol. The second kappa shape index (κ2) is 20.8. The molecule has 0 saturated heterocycles. The van der Waals surface area contributed by atoms with E-state index in [4.69, 9.17) is 14.2 Å². The van der Waals surface area contributed by atoms with E-state index in [1.165, 1.54) is 63.9 Å². The van der Waals surface area contributed by atoms with Crippen LogP contribution < -0.4 is 4.74 Å². The molecule has 40 heavy (non-hydrogen) atoms. The highest BCUT2D eigenvalue weighted by Crippen LogP contribution is 2.23. The summed E-state index contributed by atoms with van der Waals surface area (Å²) in [5.74, 6) is 0.686. The van der Waals surface area contributed by atoms with E-state index >= 15 is 0 Å². The first-order valence-corrected chi connectivity index (χ1v) is 15.3. The molecule has 0 aliphatic heterocycles. The van der Waals surface area contributed by atoms with Crippen molar-refractivity contribution in [1.82, 2.24) is 0 Å². The molecule has 0 aliphatic rings. The zero-order chi connectivity index (χ0) is 28.8. The minimum Gasteiger partial charge on any atom is -0.494 e. The Hall–Kier alpha value is -3.08. The summed E-state index contributed by atoms with van der Waals surface area (Å²) >= 11 is 0. The van der Waals surface area contributed by atoms with Gasteiger partial charge in [0.25, 0.3) is 0 Å². The minimum absolute atomic E-state index is 0.263. The molecule has 0 aliphatic carbocycles. The van der Waals surface area contributed by atoms with E-state index in [-0.39, 0.29) is 11.9 Å². The van der Waals surface area contributed by atoms with Gasteiger partial charge in [-0.3, -0.25) is 0 Å². The molecule has 1 atom stereocenters. The fourth-order valence-electron chi connectivity index (χ4n) is 4.36. The van der Waals surface area contributed by atoms with Gasteiger partial charge < -0.3 is 14.2 Å². The molecular formula is C35H50O5. The van der Waals surface area contributed by atoms with Crippen LogP contribution in [0.4, 0.5) is 0 Å². The highest BCUT2D eigenvalue weighted by molar-refractivity contribution is 5.90. The number of esters is 2. The van der Waals surface area contributed by atoms with Gasteiger partial charge in [0, 0.05) is 6.08 Å². The van der Waals surface area contributed by atoms with Crippen molar-refractivity contribution in [2.75, 3.05) is 19.8 Å². The van der Waals surface area contributed by atoms with Crippen LogP contribution in [-0.2, 0) is 14.3 Å². The smallest absolute Gasteiger partial charge is 0.338 e. The zero-order valence-corrected chi connectivity index (χ0v) is 24.8. The van der Waals surface area contributed by atoms with Crippen LogP contribution in [0.25, 0.3) is 11.1 Å². The molecule has 0 radical (unpaired) electrons. The third-order valence-electron chi connectivity index (χ3n) is 7.22. The Labute approximate surface area is 242 Å². The van der Waals surface area contributed by atoms with Crippen LogP contribution in [-0.4, -0.2) is 31.8 Å². The Bertz CT molecular complexity index is 964. The highest BCUT2D eigenvalue weighted by atomic mass is 16.5. The number of carbonyl (C=O) groups excluding carboxylic acids is 2. The van der Waals surface area contributed by atoms with Gasteiger partial charge in [-0.05, 0) is 54.2 Å². The van der Waals surface area contributed by atoms with Crippen molar-refractivity contribution in [1.29, 1.82) is 0 Å². The second-order valence-electron chi connectivity index (χ2n) is 10.7. The molecule has 0 spiro atoms. The highest BCUT2D eigenvalue weighted by Gasteiger charge is 2.09. The third-order valence-corrected chi connectivity index (χ3v) is 7.22. The molecular weight excluding hydrogens is 500 g/mol. The second-order valence-corrected chi connectivity index (χ2v) is 10.7. The van der Waals surface area contributed by atoms with Gasteiger partial charge in [0.1, 0.15) is 5.75 Å². The minimum atomic E-state index is -0.323. The average Bonchev–Trinajstić information content (AvgIpc) is 2.99. The molecule has 0 bridgehead atoms. The third kappa shape index (κ3) is 14.3. The number of ether oxygens (including phenoxy) is 3. The lowest BCUT2D eigenvalue weighted by Crippen LogP contribution is -2.11. The predicted octanol–water partition coefficient (Wildman–Crippen LogP) is 9.35. The molecule has 0 aromatic heterocycles. The number of unbranched alkanes of at least 4 members (excludes halogenated alkanes) is 11. The van der Waals surface area contributed by atoms with Crippen LogP contribution in [0.1, 0.15) is 108 Å². The van der Waals surface area contributed by atoms with Crippen LogP contribution in [0.3, 0.4) is 0 Å². The van der Waals surface area contributed by atoms with Gasteiger partial charge in [-0.1, -0.05) is 115 Å². The molecule has 2 rings (SSSR count). The SMILES string of the molecule is C=CC(=O)OCCCCCCCCCCCCCCOc1ccc(-c2ccc(C(=O)OCC(C)CC)cc2)cc1. The van der Waals surface area contributed by atoms with E-state index in [2.05, 4.69) is 32.6 Å². The maximum Gasteiger partial charge on any atom is 0.338 e. The largest absolute Gasteiger partial charge is 0.494 e. The maximum absolute atomic E-state index is 12.2. The van der Waals surface area contributed by atoms with E-state index in [0.717, 1.165) is 49.2 Å².